The number of nitrogens with zero attached hydrogens (tertiary/aromatic N) is 1. The zero-order valence-corrected chi connectivity index (χ0v) is 10.4. The van der Waals surface area contributed by atoms with Gasteiger partial charge < -0.3 is 10.0 Å². The van der Waals surface area contributed by atoms with Crippen LogP contribution in [-0.4, -0.2) is 18.2 Å². The summed E-state index contributed by atoms with van der Waals surface area (Å²) in [4.78, 5) is 2.33. The molecule has 16 heavy (non-hydrogen) atoms. The van der Waals surface area contributed by atoms with Gasteiger partial charge in [-0.3, -0.25) is 0 Å². The maximum absolute atomic E-state index is 9.32. The topological polar surface area (TPSA) is 23.5 Å². The zero-order valence-electron chi connectivity index (χ0n) is 9.62. The van der Waals surface area contributed by atoms with E-state index in [0.29, 0.717) is 0 Å². The molecule has 0 spiro atoms. The van der Waals surface area contributed by atoms with Crippen LogP contribution in [0.5, 0.6) is 0 Å². The number of halogens is 1. The lowest BCUT2D eigenvalue weighted by molar-refractivity contribution is 0.281. The highest BCUT2D eigenvalue weighted by molar-refractivity contribution is 6.30. The normalized spacial score (nSPS) is 17.8. The van der Waals surface area contributed by atoms with Crippen molar-refractivity contribution in [1.29, 1.82) is 0 Å². The molecular formula is C13H18ClNO. The standard InChI is InChI=1S/C13H18ClNO/c1-10-4-6-15(7-5-10)13-8-12(14)3-2-11(13)9-16/h2-3,8,10,16H,4-7,9H2,1H3. The molecule has 1 heterocycles. The molecule has 1 aliphatic rings. The van der Waals surface area contributed by atoms with Crippen LogP contribution in [0, 0.1) is 5.92 Å². The van der Waals surface area contributed by atoms with Crippen LogP contribution in [0.15, 0.2) is 18.2 Å². The Morgan fingerprint density at radius 3 is 2.69 bits per heavy atom. The predicted molar refractivity (Wildman–Crippen MR) is 68.0 cm³/mol. The van der Waals surface area contributed by atoms with Gasteiger partial charge in [-0.2, -0.15) is 0 Å². The molecule has 2 nitrogen and oxygen atoms in total. The van der Waals surface area contributed by atoms with Crippen LogP contribution >= 0.6 is 11.6 Å². The fourth-order valence-electron chi connectivity index (χ4n) is 2.21. The average molecular weight is 240 g/mol. The first-order valence-corrected chi connectivity index (χ1v) is 6.22. The van der Waals surface area contributed by atoms with E-state index in [1.165, 1.54) is 12.8 Å². The van der Waals surface area contributed by atoms with Crippen LogP contribution in [0.1, 0.15) is 25.3 Å². The van der Waals surface area contributed by atoms with Crippen molar-refractivity contribution >= 4 is 17.3 Å². The largest absolute Gasteiger partial charge is 0.392 e. The van der Waals surface area contributed by atoms with Crippen LogP contribution in [-0.2, 0) is 6.61 Å². The number of hydrogen-bond acceptors (Lipinski definition) is 2. The molecule has 0 radical (unpaired) electrons. The molecule has 1 aromatic rings. The highest BCUT2D eigenvalue weighted by atomic mass is 35.5. The number of piperidine rings is 1. The molecule has 1 fully saturated rings. The monoisotopic (exact) mass is 239 g/mol. The fraction of sp³-hybridized carbons (Fsp3) is 0.538. The summed E-state index contributed by atoms with van der Waals surface area (Å²) >= 11 is 6.01. The van der Waals surface area contributed by atoms with Crippen LogP contribution in [0.25, 0.3) is 0 Å². The second-order valence-corrected chi connectivity index (χ2v) is 5.04. The first-order chi connectivity index (χ1) is 7.70. The van der Waals surface area contributed by atoms with Crippen molar-refractivity contribution in [2.24, 2.45) is 5.92 Å². The van der Waals surface area contributed by atoms with Gasteiger partial charge >= 0.3 is 0 Å². The van der Waals surface area contributed by atoms with Crippen LogP contribution < -0.4 is 4.90 Å². The van der Waals surface area contributed by atoms with Gasteiger partial charge in [0.15, 0.2) is 0 Å². The van der Waals surface area contributed by atoms with Crippen molar-refractivity contribution in [3.05, 3.63) is 28.8 Å². The van der Waals surface area contributed by atoms with E-state index in [0.717, 1.165) is 35.3 Å². The maximum Gasteiger partial charge on any atom is 0.0702 e. The summed E-state index contributed by atoms with van der Waals surface area (Å²) in [5.41, 5.74) is 2.07. The van der Waals surface area contributed by atoms with Gasteiger partial charge in [0.05, 0.1) is 6.61 Å². The number of hydrogen-bond donors (Lipinski definition) is 1. The van der Waals surface area contributed by atoms with Crippen molar-refractivity contribution in [3.8, 4) is 0 Å². The first kappa shape index (κ1) is 11.7. The smallest absolute Gasteiger partial charge is 0.0702 e. The molecule has 1 aliphatic heterocycles. The van der Waals surface area contributed by atoms with E-state index in [9.17, 15) is 5.11 Å². The molecule has 0 saturated carbocycles. The molecule has 1 N–H and O–H groups in total. The molecule has 2 rings (SSSR count). The SMILES string of the molecule is CC1CCN(c2cc(Cl)ccc2CO)CC1. The number of anilines is 1. The molecular weight excluding hydrogens is 222 g/mol. The van der Waals surface area contributed by atoms with Gasteiger partial charge in [-0.25, -0.2) is 0 Å². The number of rotatable bonds is 2. The van der Waals surface area contributed by atoms with Crippen molar-refractivity contribution in [2.75, 3.05) is 18.0 Å². The Morgan fingerprint density at radius 1 is 1.38 bits per heavy atom. The Balaban J connectivity index is 2.21. The average Bonchev–Trinajstić information content (AvgIpc) is 2.30. The van der Waals surface area contributed by atoms with E-state index in [-0.39, 0.29) is 6.61 Å². The second kappa shape index (κ2) is 5.07. The van der Waals surface area contributed by atoms with Gasteiger partial charge in [-0.1, -0.05) is 24.6 Å². The summed E-state index contributed by atoms with van der Waals surface area (Å²) in [6.45, 7) is 4.50. The van der Waals surface area contributed by atoms with Crippen molar-refractivity contribution in [2.45, 2.75) is 26.4 Å². The van der Waals surface area contributed by atoms with E-state index in [4.69, 9.17) is 11.6 Å². The predicted octanol–water partition coefficient (Wildman–Crippen LogP) is 3.07. The Labute approximate surface area is 102 Å². The Kier molecular flexibility index (Phi) is 3.72. The van der Waals surface area contributed by atoms with Crippen molar-refractivity contribution in [3.63, 3.8) is 0 Å². The Hall–Kier alpha value is -0.730. The zero-order chi connectivity index (χ0) is 11.5. The molecule has 1 saturated heterocycles. The maximum atomic E-state index is 9.32. The lowest BCUT2D eigenvalue weighted by atomic mass is 9.98. The minimum atomic E-state index is 0.0819. The van der Waals surface area contributed by atoms with Crippen LogP contribution in [0.3, 0.4) is 0 Å². The molecule has 1 aromatic carbocycles. The highest BCUT2D eigenvalue weighted by Gasteiger charge is 2.18. The van der Waals surface area contributed by atoms with Crippen molar-refractivity contribution in [1.82, 2.24) is 0 Å². The minimum absolute atomic E-state index is 0.0819. The van der Waals surface area contributed by atoms with Gasteiger partial charge in [0.1, 0.15) is 0 Å². The summed E-state index contributed by atoms with van der Waals surface area (Å²) in [7, 11) is 0. The first-order valence-electron chi connectivity index (χ1n) is 5.85. The summed E-state index contributed by atoms with van der Waals surface area (Å²) < 4.78 is 0. The Morgan fingerprint density at radius 2 is 2.06 bits per heavy atom. The third kappa shape index (κ3) is 2.50. The van der Waals surface area contributed by atoms with Gasteiger partial charge in [0.2, 0.25) is 0 Å². The molecule has 0 aliphatic carbocycles. The Bertz CT molecular complexity index is 359. The molecule has 0 unspecified atom stereocenters. The molecule has 0 atom stereocenters. The van der Waals surface area contributed by atoms with E-state index in [1.54, 1.807) is 0 Å². The van der Waals surface area contributed by atoms with Gasteiger partial charge in [0, 0.05) is 29.4 Å². The summed E-state index contributed by atoms with van der Waals surface area (Å²) in [5.74, 6) is 0.813. The third-order valence-corrected chi connectivity index (χ3v) is 3.58. The van der Waals surface area contributed by atoms with Gasteiger partial charge in [0.25, 0.3) is 0 Å². The van der Waals surface area contributed by atoms with Crippen LogP contribution in [0.2, 0.25) is 5.02 Å². The van der Waals surface area contributed by atoms with Gasteiger partial charge in [-0.15, -0.1) is 0 Å². The number of aliphatic hydroxyl groups is 1. The number of benzene rings is 1. The molecule has 0 aromatic heterocycles. The lowest BCUT2D eigenvalue weighted by Gasteiger charge is -2.33. The van der Waals surface area contributed by atoms with E-state index in [2.05, 4.69) is 11.8 Å². The molecule has 3 heteroatoms. The van der Waals surface area contributed by atoms with E-state index >= 15 is 0 Å². The quantitative estimate of drug-likeness (QED) is 0.858. The minimum Gasteiger partial charge on any atom is -0.392 e. The fourth-order valence-corrected chi connectivity index (χ4v) is 2.38. The lowest BCUT2D eigenvalue weighted by Crippen LogP contribution is -2.33. The summed E-state index contributed by atoms with van der Waals surface area (Å²) in [6, 6.07) is 5.71. The summed E-state index contributed by atoms with van der Waals surface area (Å²) in [5, 5.41) is 10.1. The third-order valence-electron chi connectivity index (χ3n) is 3.34. The molecule has 0 bridgehead atoms. The van der Waals surface area contributed by atoms with E-state index in [1.807, 2.05) is 18.2 Å². The highest BCUT2D eigenvalue weighted by Crippen LogP contribution is 2.28. The molecule has 0 amide bonds. The van der Waals surface area contributed by atoms with Gasteiger partial charge in [-0.05, 0) is 30.9 Å². The van der Waals surface area contributed by atoms with Crippen molar-refractivity contribution < 1.29 is 5.11 Å². The number of aliphatic hydroxyl groups excluding tert-OH is 1. The molecule has 88 valence electrons. The van der Waals surface area contributed by atoms with Crippen LogP contribution in [0.4, 0.5) is 5.69 Å². The second-order valence-electron chi connectivity index (χ2n) is 4.60. The van der Waals surface area contributed by atoms with E-state index < -0.39 is 0 Å². The summed E-state index contributed by atoms with van der Waals surface area (Å²) in [6.07, 6.45) is 2.44.